The number of thiazole rings is 1. The lowest BCUT2D eigenvalue weighted by molar-refractivity contribution is 0.607. The first-order chi connectivity index (χ1) is 7.72. The van der Waals surface area contributed by atoms with E-state index in [-0.39, 0.29) is 11.9 Å². The highest BCUT2D eigenvalue weighted by Crippen LogP contribution is 2.27. The van der Waals surface area contributed by atoms with Gasteiger partial charge in [0.1, 0.15) is 5.82 Å². The molecule has 1 aromatic heterocycles. The molecule has 0 aliphatic rings. The Bertz CT molecular complexity index is 484. The van der Waals surface area contributed by atoms with Crippen LogP contribution in [0.15, 0.2) is 29.8 Å². The maximum absolute atomic E-state index is 13.1. The van der Waals surface area contributed by atoms with E-state index < -0.39 is 0 Å². The first-order valence-electron chi connectivity index (χ1n) is 4.84. The molecule has 2 rings (SSSR count). The van der Waals surface area contributed by atoms with Crippen molar-refractivity contribution in [2.24, 2.45) is 5.84 Å². The minimum atomic E-state index is -0.264. The van der Waals surface area contributed by atoms with Crippen LogP contribution < -0.4 is 11.3 Å². The summed E-state index contributed by atoms with van der Waals surface area (Å²) in [6, 6.07) is 6.20. The molecule has 1 unspecified atom stereocenters. The van der Waals surface area contributed by atoms with Crippen LogP contribution in [0, 0.1) is 12.7 Å². The fraction of sp³-hybridized carbons (Fsp3) is 0.182. The van der Waals surface area contributed by atoms with E-state index in [0.717, 1.165) is 16.1 Å². The Morgan fingerprint density at radius 3 is 2.88 bits per heavy atom. The third-order valence-corrected chi connectivity index (χ3v) is 3.39. The average Bonchev–Trinajstić information content (AvgIpc) is 2.67. The largest absolute Gasteiger partial charge is 0.271 e. The Labute approximate surface area is 97.1 Å². The van der Waals surface area contributed by atoms with Crippen LogP contribution in [-0.2, 0) is 0 Å². The highest BCUT2D eigenvalue weighted by atomic mass is 32.1. The van der Waals surface area contributed by atoms with Gasteiger partial charge in [-0.2, -0.15) is 0 Å². The van der Waals surface area contributed by atoms with E-state index in [1.165, 1.54) is 23.5 Å². The number of hydrogen-bond acceptors (Lipinski definition) is 4. The van der Waals surface area contributed by atoms with Gasteiger partial charge in [0.15, 0.2) is 0 Å². The zero-order valence-electron chi connectivity index (χ0n) is 8.77. The van der Waals surface area contributed by atoms with Gasteiger partial charge in [-0.1, -0.05) is 12.1 Å². The highest BCUT2D eigenvalue weighted by Gasteiger charge is 2.17. The topological polar surface area (TPSA) is 50.9 Å². The van der Waals surface area contributed by atoms with Gasteiger partial charge in [0.25, 0.3) is 0 Å². The van der Waals surface area contributed by atoms with Gasteiger partial charge < -0.3 is 0 Å². The summed E-state index contributed by atoms with van der Waals surface area (Å²) in [7, 11) is 0. The van der Waals surface area contributed by atoms with Crippen molar-refractivity contribution >= 4 is 11.3 Å². The molecule has 0 amide bonds. The number of aromatic nitrogens is 1. The van der Waals surface area contributed by atoms with E-state index >= 15 is 0 Å². The van der Waals surface area contributed by atoms with Gasteiger partial charge in [0, 0.05) is 0 Å². The second-order valence-electron chi connectivity index (χ2n) is 3.46. The van der Waals surface area contributed by atoms with E-state index in [1.54, 1.807) is 11.6 Å². The van der Waals surface area contributed by atoms with Crippen molar-refractivity contribution in [3.63, 3.8) is 0 Å². The first-order valence-corrected chi connectivity index (χ1v) is 5.72. The van der Waals surface area contributed by atoms with E-state index in [0.29, 0.717) is 0 Å². The van der Waals surface area contributed by atoms with Crippen LogP contribution in [0.1, 0.15) is 22.2 Å². The number of rotatable bonds is 3. The minimum Gasteiger partial charge on any atom is -0.271 e. The Kier molecular flexibility index (Phi) is 3.28. The third-order valence-electron chi connectivity index (χ3n) is 2.39. The summed E-state index contributed by atoms with van der Waals surface area (Å²) >= 11 is 1.51. The second-order valence-corrected chi connectivity index (χ2v) is 4.34. The van der Waals surface area contributed by atoms with Crippen molar-refractivity contribution in [3.8, 4) is 0 Å². The summed E-state index contributed by atoms with van der Waals surface area (Å²) < 4.78 is 13.1. The van der Waals surface area contributed by atoms with Crippen molar-refractivity contribution in [2.45, 2.75) is 13.0 Å². The molecule has 3 N–H and O–H groups in total. The first kappa shape index (κ1) is 11.2. The van der Waals surface area contributed by atoms with Gasteiger partial charge in [0.2, 0.25) is 0 Å². The lowest BCUT2D eigenvalue weighted by Crippen LogP contribution is -2.28. The lowest BCUT2D eigenvalue weighted by Gasteiger charge is -2.15. The number of nitrogens with one attached hydrogen (secondary N) is 1. The standard InChI is InChI=1S/C11H12FN3S/c1-7-11(16-6-14-7)10(15-13)8-3-2-4-9(12)5-8/h2-6,10,15H,13H2,1H3. The zero-order valence-corrected chi connectivity index (χ0v) is 9.59. The van der Waals surface area contributed by atoms with Gasteiger partial charge in [-0.25, -0.2) is 14.8 Å². The fourth-order valence-electron chi connectivity index (χ4n) is 1.60. The highest BCUT2D eigenvalue weighted by molar-refractivity contribution is 7.09. The normalized spacial score (nSPS) is 12.7. The van der Waals surface area contributed by atoms with Crippen molar-refractivity contribution in [1.29, 1.82) is 0 Å². The third kappa shape index (κ3) is 2.11. The van der Waals surface area contributed by atoms with Crippen LogP contribution >= 0.6 is 11.3 Å². The molecule has 84 valence electrons. The van der Waals surface area contributed by atoms with Gasteiger partial charge in [-0.15, -0.1) is 11.3 Å². The number of nitrogens with two attached hydrogens (primary N) is 1. The smallest absolute Gasteiger partial charge is 0.123 e. The van der Waals surface area contributed by atoms with Gasteiger partial charge in [-0.05, 0) is 24.6 Å². The summed E-state index contributed by atoms with van der Waals surface area (Å²) in [4.78, 5) is 5.17. The summed E-state index contributed by atoms with van der Waals surface area (Å²) in [6.07, 6.45) is 0. The molecule has 5 heteroatoms. The van der Waals surface area contributed by atoms with Crippen LogP contribution in [-0.4, -0.2) is 4.98 Å². The summed E-state index contributed by atoms with van der Waals surface area (Å²) in [5.74, 6) is 5.26. The molecule has 2 aromatic rings. The predicted molar refractivity (Wildman–Crippen MR) is 62.4 cm³/mol. The van der Waals surface area contributed by atoms with E-state index in [4.69, 9.17) is 5.84 Å². The maximum atomic E-state index is 13.1. The monoisotopic (exact) mass is 237 g/mol. The molecular weight excluding hydrogens is 225 g/mol. The Hall–Kier alpha value is -1.30. The molecule has 3 nitrogen and oxygen atoms in total. The Morgan fingerprint density at radius 1 is 1.50 bits per heavy atom. The van der Waals surface area contributed by atoms with Crippen LogP contribution in [0.25, 0.3) is 0 Å². The molecule has 1 heterocycles. The summed E-state index contributed by atoms with van der Waals surface area (Å²) in [5, 5.41) is 0. The second kappa shape index (κ2) is 4.69. The molecule has 1 aromatic carbocycles. The van der Waals surface area contributed by atoms with Crippen molar-refractivity contribution in [3.05, 3.63) is 51.7 Å². The molecule has 0 radical (unpaired) electrons. The Balaban J connectivity index is 2.40. The van der Waals surface area contributed by atoms with Crippen LogP contribution in [0.4, 0.5) is 4.39 Å². The molecular formula is C11H12FN3S. The van der Waals surface area contributed by atoms with Crippen molar-refractivity contribution in [2.75, 3.05) is 0 Å². The van der Waals surface area contributed by atoms with Crippen LogP contribution in [0.3, 0.4) is 0 Å². The molecule has 16 heavy (non-hydrogen) atoms. The van der Waals surface area contributed by atoms with E-state index in [2.05, 4.69) is 10.4 Å². The van der Waals surface area contributed by atoms with Crippen molar-refractivity contribution < 1.29 is 4.39 Å². The average molecular weight is 237 g/mol. The number of halogens is 1. The summed E-state index contributed by atoms with van der Waals surface area (Å²) in [6.45, 7) is 1.91. The lowest BCUT2D eigenvalue weighted by atomic mass is 10.1. The quantitative estimate of drug-likeness (QED) is 0.635. The number of nitrogens with zero attached hydrogens (tertiary/aromatic N) is 1. The predicted octanol–water partition coefficient (Wildman–Crippen LogP) is 2.14. The van der Waals surface area contributed by atoms with Gasteiger partial charge in [0.05, 0.1) is 22.1 Å². The van der Waals surface area contributed by atoms with Gasteiger partial charge >= 0.3 is 0 Å². The minimum absolute atomic E-state index is 0.205. The van der Waals surface area contributed by atoms with Crippen molar-refractivity contribution in [1.82, 2.24) is 10.4 Å². The number of hydrazine groups is 1. The Morgan fingerprint density at radius 2 is 2.31 bits per heavy atom. The number of aryl methyl sites for hydroxylation is 1. The van der Waals surface area contributed by atoms with Gasteiger partial charge in [-0.3, -0.25) is 5.84 Å². The van der Waals surface area contributed by atoms with E-state index in [9.17, 15) is 4.39 Å². The van der Waals surface area contributed by atoms with Crippen LogP contribution in [0.2, 0.25) is 0 Å². The number of hydrogen-bond donors (Lipinski definition) is 2. The van der Waals surface area contributed by atoms with E-state index in [1.807, 2.05) is 13.0 Å². The molecule has 0 aliphatic carbocycles. The molecule has 1 atom stereocenters. The fourth-order valence-corrected chi connectivity index (χ4v) is 2.49. The molecule has 0 saturated heterocycles. The zero-order chi connectivity index (χ0) is 11.5. The maximum Gasteiger partial charge on any atom is 0.123 e. The summed E-state index contributed by atoms with van der Waals surface area (Å²) in [5.41, 5.74) is 6.17. The van der Waals surface area contributed by atoms with Crippen LogP contribution in [0.5, 0.6) is 0 Å². The molecule has 0 saturated carbocycles. The molecule has 0 aliphatic heterocycles. The number of benzene rings is 1. The molecule has 0 fully saturated rings. The molecule has 0 bridgehead atoms. The molecule has 0 spiro atoms. The SMILES string of the molecule is Cc1ncsc1C(NN)c1cccc(F)c1.